The van der Waals surface area contributed by atoms with Gasteiger partial charge in [0.2, 0.25) is 5.91 Å². The number of amides is 1. The molecule has 8 heteroatoms. The maximum atomic E-state index is 12.9. The third-order valence-corrected chi connectivity index (χ3v) is 5.95. The molecular formula is C23H29N5O3. The zero-order chi connectivity index (χ0) is 22.0. The van der Waals surface area contributed by atoms with Crippen molar-refractivity contribution in [1.82, 2.24) is 14.8 Å². The van der Waals surface area contributed by atoms with Gasteiger partial charge in [-0.25, -0.2) is 4.98 Å². The summed E-state index contributed by atoms with van der Waals surface area (Å²) in [5.41, 5.74) is 2.75. The summed E-state index contributed by atoms with van der Waals surface area (Å²) in [5, 5.41) is 8.81. The van der Waals surface area contributed by atoms with Crippen LogP contribution in [0, 0.1) is 12.8 Å². The first-order valence-corrected chi connectivity index (χ1v) is 10.7. The van der Waals surface area contributed by atoms with Crippen molar-refractivity contribution in [2.75, 3.05) is 37.5 Å². The zero-order valence-corrected chi connectivity index (χ0v) is 18.5. The van der Waals surface area contributed by atoms with Gasteiger partial charge >= 0.3 is 0 Å². The lowest BCUT2D eigenvalue weighted by molar-refractivity contribution is -0.120. The van der Waals surface area contributed by atoms with Crippen molar-refractivity contribution in [2.45, 2.75) is 33.2 Å². The van der Waals surface area contributed by atoms with Gasteiger partial charge in [-0.05, 0) is 44.9 Å². The summed E-state index contributed by atoms with van der Waals surface area (Å²) >= 11 is 0. The summed E-state index contributed by atoms with van der Waals surface area (Å²) < 4.78 is 12.6. The first-order chi connectivity index (χ1) is 15.0. The van der Waals surface area contributed by atoms with Crippen LogP contribution in [0.25, 0.3) is 10.9 Å². The second kappa shape index (κ2) is 8.83. The van der Waals surface area contributed by atoms with E-state index in [0.717, 1.165) is 54.9 Å². The van der Waals surface area contributed by atoms with Gasteiger partial charge in [0.15, 0.2) is 5.82 Å². The number of hydrogen-bond acceptors (Lipinski definition) is 6. The van der Waals surface area contributed by atoms with Crippen LogP contribution in [-0.4, -0.2) is 48.0 Å². The maximum Gasteiger partial charge on any atom is 0.227 e. The fraction of sp³-hybridized carbons (Fsp3) is 0.435. The zero-order valence-electron chi connectivity index (χ0n) is 18.5. The average molecular weight is 424 g/mol. The van der Waals surface area contributed by atoms with Crippen molar-refractivity contribution < 1.29 is 14.3 Å². The number of nitrogens with zero attached hydrogens (tertiary/aromatic N) is 4. The summed E-state index contributed by atoms with van der Waals surface area (Å²) in [6, 6.07) is 7.41. The summed E-state index contributed by atoms with van der Waals surface area (Å²) in [7, 11) is 3.18. The molecule has 3 heterocycles. The van der Waals surface area contributed by atoms with Gasteiger partial charge in [0.1, 0.15) is 17.0 Å². The van der Waals surface area contributed by atoms with E-state index in [1.54, 1.807) is 20.3 Å². The Morgan fingerprint density at radius 2 is 1.97 bits per heavy atom. The van der Waals surface area contributed by atoms with Gasteiger partial charge in [-0.15, -0.1) is 0 Å². The number of benzene rings is 1. The first kappa shape index (κ1) is 21.0. The van der Waals surface area contributed by atoms with Crippen LogP contribution in [-0.2, 0) is 11.3 Å². The van der Waals surface area contributed by atoms with Crippen LogP contribution in [0.5, 0.6) is 11.5 Å². The molecule has 1 aromatic carbocycles. The minimum atomic E-state index is -0.0555. The highest BCUT2D eigenvalue weighted by Crippen LogP contribution is 2.32. The minimum absolute atomic E-state index is 0.0173. The smallest absolute Gasteiger partial charge is 0.227 e. The van der Waals surface area contributed by atoms with Crippen LogP contribution in [0.15, 0.2) is 30.5 Å². The summed E-state index contributed by atoms with van der Waals surface area (Å²) in [4.78, 5) is 19.8. The molecule has 4 rings (SSSR count). The van der Waals surface area contributed by atoms with Gasteiger partial charge in [-0.1, -0.05) is 0 Å². The second-order valence-corrected chi connectivity index (χ2v) is 7.75. The Bertz CT molecular complexity index is 1090. The molecule has 8 nitrogen and oxygen atoms in total. The molecule has 2 aromatic heterocycles. The SMILES string of the molecule is CCn1nc(C)c2ccnc(N3CCC(C(=O)Nc4ccc(OC)cc4OC)CC3)c21. The van der Waals surface area contributed by atoms with Gasteiger partial charge in [0, 0.05) is 43.2 Å². The first-order valence-electron chi connectivity index (χ1n) is 10.7. The molecule has 3 aromatic rings. The molecule has 0 saturated carbocycles. The molecule has 164 valence electrons. The van der Waals surface area contributed by atoms with Crippen LogP contribution in [0.1, 0.15) is 25.5 Å². The number of hydrogen-bond donors (Lipinski definition) is 1. The molecular weight excluding hydrogens is 394 g/mol. The van der Waals surface area contributed by atoms with Gasteiger partial charge in [0.25, 0.3) is 0 Å². The third-order valence-electron chi connectivity index (χ3n) is 5.95. The van der Waals surface area contributed by atoms with E-state index in [1.807, 2.05) is 36.0 Å². The molecule has 0 spiro atoms. The predicted molar refractivity (Wildman–Crippen MR) is 121 cm³/mol. The molecule has 0 atom stereocenters. The molecule has 1 aliphatic rings. The van der Waals surface area contributed by atoms with Crippen LogP contribution in [0.4, 0.5) is 11.5 Å². The number of methoxy groups -OCH3 is 2. The Balaban J connectivity index is 1.46. The normalized spacial score (nSPS) is 14.6. The number of rotatable bonds is 6. The van der Waals surface area contributed by atoms with Gasteiger partial charge in [-0.3, -0.25) is 9.48 Å². The van der Waals surface area contributed by atoms with Crippen molar-refractivity contribution in [3.8, 4) is 11.5 Å². The monoisotopic (exact) mass is 423 g/mol. The molecule has 0 bridgehead atoms. The molecule has 0 radical (unpaired) electrons. The third kappa shape index (κ3) is 4.02. The van der Waals surface area contributed by atoms with Gasteiger partial charge < -0.3 is 19.7 Å². The fourth-order valence-corrected chi connectivity index (χ4v) is 4.22. The lowest BCUT2D eigenvalue weighted by Gasteiger charge is -2.32. The molecule has 0 aliphatic carbocycles. The number of nitrogens with one attached hydrogen (secondary N) is 1. The van der Waals surface area contributed by atoms with Crippen molar-refractivity contribution in [3.63, 3.8) is 0 Å². The number of aryl methyl sites for hydroxylation is 2. The van der Waals surface area contributed by atoms with E-state index in [4.69, 9.17) is 9.47 Å². The van der Waals surface area contributed by atoms with E-state index >= 15 is 0 Å². The van der Waals surface area contributed by atoms with Crippen LogP contribution < -0.4 is 19.7 Å². The predicted octanol–water partition coefficient (Wildman–Crippen LogP) is 3.63. The summed E-state index contributed by atoms with van der Waals surface area (Å²) in [6.45, 7) is 6.47. The largest absolute Gasteiger partial charge is 0.497 e. The van der Waals surface area contributed by atoms with E-state index in [2.05, 4.69) is 27.2 Å². The van der Waals surface area contributed by atoms with Crippen molar-refractivity contribution in [3.05, 3.63) is 36.2 Å². The highest BCUT2D eigenvalue weighted by Gasteiger charge is 2.28. The second-order valence-electron chi connectivity index (χ2n) is 7.75. The number of carbonyl (C=O) groups is 1. The van der Waals surface area contributed by atoms with E-state index in [9.17, 15) is 4.79 Å². The van der Waals surface area contributed by atoms with Crippen LogP contribution in [0.2, 0.25) is 0 Å². The molecule has 1 fully saturated rings. The lowest BCUT2D eigenvalue weighted by Crippen LogP contribution is -2.38. The van der Waals surface area contributed by atoms with E-state index < -0.39 is 0 Å². The van der Waals surface area contributed by atoms with Crippen molar-refractivity contribution in [2.24, 2.45) is 5.92 Å². The van der Waals surface area contributed by atoms with Gasteiger partial charge in [0.05, 0.1) is 25.6 Å². The quantitative estimate of drug-likeness (QED) is 0.652. The van der Waals surface area contributed by atoms with E-state index in [0.29, 0.717) is 17.2 Å². The number of pyridine rings is 1. The average Bonchev–Trinajstić information content (AvgIpc) is 3.15. The minimum Gasteiger partial charge on any atom is -0.497 e. The summed E-state index contributed by atoms with van der Waals surface area (Å²) in [5.74, 6) is 2.19. The van der Waals surface area contributed by atoms with E-state index in [-0.39, 0.29) is 11.8 Å². The lowest BCUT2D eigenvalue weighted by atomic mass is 9.95. The number of piperidine rings is 1. The molecule has 0 unspecified atom stereocenters. The Kier molecular flexibility index (Phi) is 5.97. The number of fused-ring (bicyclic) bond motifs is 1. The fourth-order valence-electron chi connectivity index (χ4n) is 4.22. The van der Waals surface area contributed by atoms with Crippen LogP contribution in [0.3, 0.4) is 0 Å². The van der Waals surface area contributed by atoms with Gasteiger partial charge in [-0.2, -0.15) is 5.10 Å². The Hall–Kier alpha value is -3.29. The number of anilines is 2. The van der Waals surface area contributed by atoms with Crippen molar-refractivity contribution in [1.29, 1.82) is 0 Å². The molecule has 1 aliphatic heterocycles. The van der Waals surface area contributed by atoms with E-state index in [1.165, 1.54) is 0 Å². The molecule has 1 amide bonds. The van der Waals surface area contributed by atoms with Crippen molar-refractivity contribution >= 4 is 28.3 Å². The molecule has 1 saturated heterocycles. The number of carbonyl (C=O) groups excluding carboxylic acids is 1. The number of aromatic nitrogens is 3. The molecule has 31 heavy (non-hydrogen) atoms. The van der Waals surface area contributed by atoms with Crippen LogP contribution >= 0.6 is 0 Å². The highest BCUT2D eigenvalue weighted by atomic mass is 16.5. The topological polar surface area (TPSA) is 81.5 Å². The standard InChI is InChI=1S/C23H29N5O3/c1-5-28-21-18(15(2)26-28)8-11-24-22(21)27-12-9-16(10-13-27)23(29)25-19-7-6-17(30-3)14-20(19)31-4/h6-8,11,14,16H,5,9-10,12-13H2,1-4H3,(H,25,29). The molecule has 1 N–H and O–H groups in total. The Labute approximate surface area is 182 Å². The highest BCUT2D eigenvalue weighted by molar-refractivity contribution is 5.94. The Morgan fingerprint density at radius 1 is 1.19 bits per heavy atom. The Morgan fingerprint density at radius 3 is 2.65 bits per heavy atom. The summed E-state index contributed by atoms with van der Waals surface area (Å²) in [6.07, 6.45) is 3.38. The maximum absolute atomic E-state index is 12.9. The number of ether oxygens (including phenoxy) is 2.